The first-order valence-electron chi connectivity index (χ1n) is 6.63. The number of hydrogen-bond acceptors (Lipinski definition) is 5. The van der Waals surface area contributed by atoms with E-state index in [1.165, 1.54) is 4.90 Å². The Kier molecular flexibility index (Phi) is 3.31. The van der Waals surface area contributed by atoms with Gasteiger partial charge in [0.15, 0.2) is 11.5 Å². The van der Waals surface area contributed by atoms with Gasteiger partial charge in [0.2, 0.25) is 11.8 Å². The number of amides is 2. The van der Waals surface area contributed by atoms with Crippen molar-refractivity contribution >= 4 is 11.8 Å². The topological polar surface area (TPSA) is 81.9 Å². The van der Waals surface area contributed by atoms with E-state index in [1.807, 2.05) is 12.1 Å². The number of rotatable bonds is 3. The predicted octanol–water partition coefficient (Wildman–Crippen LogP) is 0.607. The van der Waals surface area contributed by atoms with Gasteiger partial charge in [-0.05, 0) is 17.7 Å². The molecule has 1 aromatic carbocycles. The number of hydrogen-bond donors (Lipinski definition) is 1. The number of nitrogens with two attached hydrogens (primary N) is 1. The highest BCUT2D eigenvalue weighted by molar-refractivity contribution is 6.01. The third-order valence-corrected chi connectivity index (χ3v) is 3.53. The molecule has 2 amide bonds. The molecule has 0 aliphatic carbocycles. The molecule has 2 N–H and O–H groups in total. The summed E-state index contributed by atoms with van der Waals surface area (Å²) < 4.78 is 10.9. The number of imide groups is 1. The molecule has 1 fully saturated rings. The molecule has 0 bridgehead atoms. The third-order valence-electron chi connectivity index (χ3n) is 3.53. The largest absolute Gasteiger partial charge is 0.486 e. The quantitative estimate of drug-likeness (QED) is 0.818. The van der Waals surface area contributed by atoms with Crippen LogP contribution >= 0.6 is 0 Å². The molecule has 0 spiro atoms. The first kappa shape index (κ1) is 12.9. The monoisotopic (exact) mass is 276 g/mol. The second-order valence-electron chi connectivity index (χ2n) is 4.91. The van der Waals surface area contributed by atoms with Crippen LogP contribution in [0.25, 0.3) is 0 Å². The molecule has 1 unspecified atom stereocenters. The molecule has 6 heteroatoms. The van der Waals surface area contributed by atoms with Gasteiger partial charge >= 0.3 is 0 Å². The van der Waals surface area contributed by atoms with Crippen molar-refractivity contribution in [2.75, 3.05) is 19.8 Å². The van der Waals surface area contributed by atoms with E-state index in [2.05, 4.69) is 0 Å². The number of carbonyl (C=O) groups excluding carboxylic acids is 2. The first-order chi connectivity index (χ1) is 9.65. The van der Waals surface area contributed by atoms with Gasteiger partial charge in [0.1, 0.15) is 13.2 Å². The van der Waals surface area contributed by atoms with Crippen molar-refractivity contribution in [3.8, 4) is 11.5 Å². The maximum Gasteiger partial charge on any atom is 0.229 e. The van der Waals surface area contributed by atoms with Gasteiger partial charge in [0, 0.05) is 25.4 Å². The van der Waals surface area contributed by atoms with Crippen molar-refractivity contribution in [2.45, 2.75) is 18.9 Å². The van der Waals surface area contributed by atoms with E-state index in [0.717, 1.165) is 5.56 Å². The van der Waals surface area contributed by atoms with Crippen molar-refractivity contribution in [1.29, 1.82) is 0 Å². The fraction of sp³-hybridized carbons (Fsp3) is 0.429. The van der Waals surface area contributed by atoms with Gasteiger partial charge in [0.05, 0.1) is 0 Å². The molecule has 0 saturated carbocycles. The number of ether oxygens (including phenoxy) is 2. The van der Waals surface area contributed by atoms with Gasteiger partial charge < -0.3 is 15.2 Å². The summed E-state index contributed by atoms with van der Waals surface area (Å²) in [6, 6.07) is 5.03. The Morgan fingerprint density at radius 1 is 1.10 bits per heavy atom. The molecule has 1 aromatic rings. The van der Waals surface area contributed by atoms with Crippen molar-refractivity contribution < 1.29 is 19.1 Å². The van der Waals surface area contributed by atoms with Crippen LogP contribution in [-0.4, -0.2) is 36.5 Å². The lowest BCUT2D eigenvalue weighted by Crippen LogP contribution is -2.36. The number of carbonyl (C=O) groups is 2. The summed E-state index contributed by atoms with van der Waals surface area (Å²) >= 11 is 0. The molecular weight excluding hydrogens is 260 g/mol. The van der Waals surface area contributed by atoms with Crippen LogP contribution in [0.4, 0.5) is 0 Å². The molecule has 0 aromatic heterocycles. The smallest absolute Gasteiger partial charge is 0.229 e. The highest BCUT2D eigenvalue weighted by atomic mass is 16.6. The SMILES string of the molecule is NC(CN1C(=O)CCC1=O)c1ccc2c(c1)OCCO2. The lowest BCUT2D eigenvalue weighted by molar-refractivity contribution is -0.138. The first-order valence-corrected chi connectivity index (χ1v) is 6.63. The van der Waals surface area contributed by atoms with Crippen molar-refractivity contribution in [1.82, 2.24) is 4.90 Å². The molecule has 6 nitrogen and oxygen atoms in total. The number of nitrogens with zero attached hydrogens (tertiary/aromatic N) is 1. The Hall–Kier alpha value is -2.08. The van der Waals surface area contributed by atoms with E-state index < -0.39 is 6.04 Å². The van der Waals surface area contributed by atoms with Gasteiger partial charge in [-0.25, -0.2) is 0 Å². The molecule has 1 saturated heterocycles. The van der Waals surface area contributed by atoms with Crippen LogP contribution in [0.2, 0.25) is 0 Å². The Bertz CT molecular complexity index is 542. The fourth-order valence-electron chi connectivity index (χ4n) is 2.42. The Morgan fingerprint density at radius 2 is 1.75 bits per heavy atom. The van der Waals surface area contributed by atoms with E-state index in [-0.39, 0.29) is 31.2 Å². The zero-order chi connectivity index (χ0) is 14.1. The summed E-state index contributed by atoms with van der Waals surface area (Å²) in [5, 5.41) is 0. The van der Waals surface area contributed by atoms with Crippen LogP contribution in [0.5, 0.6) is 11.5 Å². The second-order valence-corrected chi connectivity index (χ2v) is 4.91. The summed E-state index contributed by atoms with van der Waals surface area (Å²) in [5.41, 5.74) is 6.91. The average molecular weight is 276 g/mol. The summed E-state index contributed by atoms with van der Waals surface area (Å²) in [6.07, 6.45) is 0.569. The summed E-state index contributed by atoms with van der Waals surface area (Å²) in [4.78, 5) is 24.4. The standard InChI is InChI=1S/C14H16N2O4/c15-10(8-16-13(17)3-4-14(16)18)9-1-2-11-12(7-9)20-6-5-19-11/h1-2,7,10H,3-6,8,15H2. The van der Waals surface area contributed by atoms with E-state index in [4.69, 9.17) is 15.2 Å². The summed E-state index contributed by atoms with van der Waals surface area (Å²) in [5.74, 6) is 1.05. The Labute approximate surface area is 116 Å². The normalized spacial score (nSPS) is 19.4. The van der Waals surface area contributed by atoms with Crippen molar-refractivity contribution in [3.05, 3.63) is 23.8 Å². The van der Waals surface area contributed by atoms with Crippen LogP contribution in [0.15, 0.2) is 18.2 Å². The minimum absolute atomic E-state index is 0.150. The molecule has 3 rings (SSSR count). The summed E-state index contributed by atoms with van der Waals surface area (Å²) in [6.45, 7) is 1.25. The van der Waals surface area contributed by atoms with E-state index in [0.29, 0.717) is 24.7 Å². The highest BCUT2D eigenvalue weighted by Gasteiger charge is 2.30. The van der Waals surface area contributed by atoms with Crippen LogP contribution < -0.4 is 15.2 Å². The third kappa shape index (κ3) is 2.34. The molecule has 2 heterocycles. The zero-order valence-electron chi connectivity index (χ0n) is 11.0. The molecule has 2 aliphatic rings. The van der Waals surface area contributed by atoms with Crippen LogP contribution in [-0.2, 0) is 9.59 Å². The van der Waals surface area contributed by atoms with Crippen molar-refractivity contribution in [3.63, 3.8) is 0 Å². The second kappa shape index (κ2) is 5.13. The lowest BCUT2D eigenvalue weighted by Gasteiger charge is -2.22. The molecule has 106 valence electrons. The maximum atomic E-state index is 11.6. The van der Waals surface area contributed by atoms with Gasteiger partial charge in [-0.3, -0.25) is 14.5 Å². The molecule has 0 radical (unpaired) electrons. The fourth-order valence-corrected chi connectivity index (χ4v) is 2.42. The molecule has 2 aliphatic heterocycles. The maximum absolute atomic E-state index is 11.6. The van der Waals surface area contributed by atoms with E-state index in [9.17, 15) is 9.59 Å². The lowest BCUT2D eigenvalue weighted by atomic mass is 10.1. The number of likely N-dealkylation sites (tertiary alicyclic amines) is 1. The Balaban J connectivity index is 1.75. The molecule has 20 heavy (non-hydrogen) atoms. The zero-order valence-corrected chi connectivity index (χ0v) is 11.0. The molecular formula is C14H16N2O4. The predicted molar refractivity (Wildman–Crippen MR) is 70.3 cm³/mol. The van der Waals surface area contributed by atoms with Gasteiger partial charge in [0.25, 0.3) is 0 Å². The van der Waals surface area contributed by atoms with Gasteiger partial charge in [-0.2, -0.15) is 0 Å². The minimum atomic E-state index is -0.420. The summed E-state index contributed by atoms with van der Waals surface area (Å²) in [7, 11) is 0. The average Bonchev–Trinajstić information content (AvgIpc) is 2.78. The van der Waals surface area contributed by atoms with Crippen LogP contribution in [0.1, 0.15) is 24.4 Å². The van der Waals surface area contributed by atoms with E-state index in [1.54, 1.807) is 6.07 Å². The number of benzene rings is 1. The Morgan fingerprint density at radius 3 is 2.45 bits per heavy atom. The van der Waals surface area contributed by atoms with Crippen LogP contribution in [0, 0.1) is 0 Å². The van der Waals surface area contributed by atoms with Crippen molar-refractivity contribution in [2.24, 2.45) is 5.73 Å². The van der Waals surface area contributed by atoms with Gasteiger partial charge in [-0.15, -0.1) is 0 Å². The van der Waals surface area contributed by atoms with Crippen LogP contribution in [0.3, 0.4) is 0 Å². The van der Waals surface area contributed by atoms with Gasteiger partial charge in [-0.1, -0.05) is 6.07 Å². The minimum Gasteiger partial charge on any atom is -0.486 e. The molecule has 1 atom stereocenters. The van der Waals surface area contributed by atoms with E-state index >= 15 is 0 Å². The highest BCUT2D eigenvalue weighted by Crippen LogP contribution is 2.32. The number of fused-ring (bicyclic) bond motifs is 1.